The summed E-state index contributed by atoms with van der Waals surface area (Å²) in [5, 5.41) is 16.8. The van der Waals surface area contributed by atoms with Gasteiger partial charge in [0.1, 0.15) is 0 Å². The normalized spacial score (nSPS) is 25.9. The van der Waals surface area contributed by atoms with Crippen LogP contribution in [0, 0.1) is 6.92 Å². The summed E-state index contributed by atoms with van der Waals surface area (Å²) in [6, 6.07) is 0.234. The van der Waals surface area contributed by atoms with Crippen LogP contribution in [0.3, 0.4) is 0 Å². The van der Waals surface area contributed by atoms with Crippen molar-refractivity contribution >= 4 is 0 Å². The summed E-state index contributed by atoms with van der Waals surface area (Å²) in [5.74, 6) is 1.34. The average molecular weight is 225 g/mol. The Morgan fingerprint density at radius 1 is 1.44 bits per heavy atom. The zero-order valence-corrected chi connectivity index (χ0v) is 9.65. The lowest BCUT2D eigenvalue weighted by Crippen LogP contribution is -2.42. The number of nitrogens with zero attached hydrogens (tertiary/aromatic N) is 2. The van der Waals surface area contributed by atoms with E-state index < -0.39 is 0 Å². The number of nitrogens with one attached hydrogen (secondary N) is 1. The Hall–Kier alpha value is -0.940. The fourth-order valence-electron chi connectivity index (χ4n) is 2.16. The molecule has 2 N–H and O–H groups in total. The van der Waals surface area contributed by atoms with Gasteiger partial charge in [-0.1, -0.05) is 18.0 Å². The van der Waals surface area contributed by atoms with Gasteiger partial charge < -0.3 is 14.9 Å². The summed E-state index contributed by atoms with van der Waals surface area (Å²) in [4.78, 5) is 4.13. The topological polar surface area (TPSA) is 71.2 Å². The number of aryl methyl sites for hydroxylation is 1. The second kappa shape index (κ2) is 5.41. The number of aliphatic hydroxyl groups is 1. The number of aromatic nitrogens is 2. The molecule has 2 unspecified atom stereocenters. The number of aliphatic hydroxyl groups excluding tert-OH is 1. The summed E-state index contributed by atoms with van der Waals surface area (Å²) >= 11 is 0. The van der Waals surface area contributed by atoms with Crippen LogP contribution >= 0.6 is 0 Å². The minimum Gasteiger partial charge on any atom is -0.392 e. The molecule has 0 aromatic carbocycles. The van der Waals surface area contributed by atoms with E-state index in [0.717, 1.165) is 32.2 Å². The average Bonchev–Trinajstić information content (AvgIpc) is 2.67. The van der Waals surface area contributed by atoms with Gasteiger partial charge in [0.05, 0.1) is 6.10 Å². The van der Waals surface area contributed by atoms with Gasteiger partial charge in [-0.3, -0.25) is 0 Å². The van der Waals surface area contributed by atoms with Crippen LogP contribution in [0.5, 0.6) is 0 Å². The summed E-state index contributed by atoms with van der Waals surface area (Å²) in [6.07, 6.45) is 4.85. The van der Waals surface area contributed by atoms with Gasteiger partial charge in [0, 0.05) is 19.0 Å². The maximum Gasteiger partial charge on any atom is 0.227 e. The fourth-order valence-corrected chi connectivity index (χ4v) is 2.16. The van der Waals surface area contributed by atoms with Crippen LogP contribution in [0.15, 0.2) is 4.52 Å². The SMILES string of the molecule is Cc1noc(CCNC2CCCCC2O)n1. The molecular weight excluding hydrogens is 206 g/mol. The second-order valence-electron chi connectivity index (χ2n) is 4.40. The van der Waals surface area contributed by atoms with Gasteiger partial charge in [0.2, 0.25) is 5.89 Å². The maximum absolute atomic E-state index is 9.76. The molecule has 1 fully saturated rings. The quantitative estimate of drug-likeness (QED) is 0.793. The smallest absolute Gasteiger partial charge is 0.227 e. The second-order valence-corrected chi connectivity index (χ2v) is 4.40. The molecule has 1 aliphatic carbocycles. The first-order valence-corrected chi connectivity index (χ1v) is 5.96. The summed E-state index contributed by atoms with van der Waals surface area (Å²) < 4.78 is 5.02. The van der Waals surface area contributed by atoms with Gasteiger partial charge >= 0.3 is 0 Å². The lowest BCUT2D eigenvalue weighted by molar-refractivity contribution is 0.0910. The first-order valence-electron chi connectivity index (χ1n) is 5.96. The van der Waals surface area contributed by atoms with Crippen molar-refractivity contribution in [3.63, 3.8) is 0 Å². The molecule has 0 spiro atoms. The highest BCUT2D eigenvalue weighted by molar-refractivity contribution is 4.85. The van der Waals surface area contributed by atoms with Crippen LogP contribution in [0.4, 0.5) is 0 Å². The van der Waals surface area contributed by atoms with Crippen molar-refractivity contribution in [2.75, 3.05) is 6.54 Å². The van der Waals surface area contributed by atoms with Gasteiger partial charge in [-0.2, -0.15) is 4.98 Å². The van der Waals surface area contributed by atoms with Crippen molar-refractivity contribution in [1.29, 1.82) is 0 Å². The Bertz CT molecular complexity index is 327. The number of hydrogen-bond acceptors (Lipinski definition) is 5. The van der Waals surface area contributed by atoms with Crippen LogP contribution in [-0.4, -0.2) is 33.9 Å². The fraction of sp³-hybridized carbons (Fsp3) is 0.818. The molecule has 0 bridgehead atoms. The Morgan fingerprint density at radius 2 is 2.25 bits per heavy atom. The van der Waals surface area contributed by atoms with E-state index in [9.17, 15) is 5.11 Å². The van der Waals surface area contributed by atoms with Crippen molar-refractivity contribution in [3.8, 4) is 0 Å². The van der Waals surface area contributed by atoms with E-state index in [1.165, 1.54) is 6.42 Å². The van der Waals surface area contributed by atoms with Gasteiger partial charge in [0.15, 0.2) is 5.82 Å². The van der Waals surface area contributed by atoms with Crippen LogP contribution in [0.25, 0.3) is 0 Å². The van der Waals surface area contributed by atoms with E-state index in [1.807, 2.05) is 6.92 Å². The highest BCUT2D eigenvalue weighted by Crippen LogP contribution is 2.18. The van der Waals surface area contributed by atoms with E-state index in [0.29, 0.717) is 11.7 Å². The third-order valence-electron chi connectivity index (χ3n) is 3.04. The van der Waals surface area contributed by atoms with E-state index >= 15 is 0 Å². The Labute approximate surface area is 95.2 Å². The van der Waals surface area contributed by atoms with Crippen molar-refractivity contribution in [2.24, 2.45) is 0 Å². The highest BCUT2D eigenvalue weighted by atomic mass is 16.5. The lowest BCUT2D eigenvalue weighted by Gasteiger charge is -2.28. The Balaban J connectivity index is 1.71. The van der Waals surface area contributed by atoms with Gasteiger partial charge in [0.25, 0.3) is 0 Å². The third-order valence-corrected chi connectivity index (χ3v) is 3.04. The highest BCUT2D eigenvalue weighted by Gasteiger charge is 2.22. The van der Waals surface area contributed by atoms with Gasteiger partial charge in [-0.15, -0.1) is 0 Å². The Morgan fingerprint density at radius 3 is 2.94 bits per heavy atom. The predicted octanol–water partition coefficient (Wildman–Crippen LogP) is 0.814. The third kappa shape index (κ3) is 3.02. The predicted molar refractivity (Wildman–Crippen MR) is 59.0 cm³/mol. The van der Waals surface area contributed by atoms with Crippen LogP contribution in [0.1, 0.15) is 37.4 Å². The Kier molecular flexibility index (Phi) is 3.90. The molecule has 0 radical (unpaired) electrons. The zero-order chi connectivity index (χ0) is 11.4. The molecule has 0 amide bonds. The largest absolute Gasteiger partial charge is 0.392 e. The molecule has 0 saturated heterocycles. The number of hydrogen-bond donors (Lipinski definition) is 2. The van der Waals surface area contributed by atoms with Crippen molar-refractivity contribution in [3.05, 3.63) is 11.7 Å². The van der Waals surface area contributed by atoms with Gasteiger partial charge in [-0.05, 0) is 19.8 Å². The molecule has 1 aromatic rings. The minimum absolute atomic E-state index is 0.196. The molecule has 1 aromatic heterocycles. The van der Waals surface area contributed by atoms with Gasteiger partial charge in [-0.25, -0.2) is 0 Å². The summed E-state index contributed by atoms with van der Waals surface area (Å²) in [6.45, 7) is 2.59. The molecule has 2 atom stereocenters. The molecule has 0 aliphatic heterocycles. The summed E-state index contributed by atoms with van der Waals surface area (Å²) in [5.41, 5.74) is 0. The van der Waals surface area contributed by atoms with E-state index in [4.69, 9.17) is 4.52 Å². The molecule has 2 rings (SSSR count). The molecule has 5 heteroatoms. The standard InChI is InChI=1S/C11H19N3O2/c1-8-13-11(16-14-8)6-7-12-9-4-2-3-5-10(9)15/h9-10,12,15H,2-7H2,1H3. The first kappa shape index (κ1) is 11.5. The molecule has 1 heterocycles. The molecule has 1 saturated carbocycles. The minimum atomic E-state index is -0.196. The zero-order valence-electron chi connectivity index (χ0n) is 9.65. The lowest BCUT2D eigenvalue weighted by atomic mass is 9.92. The molecule has 16 heavy (non-hydrogen) atoms. The van der Waals surface area contributed by atoms with Crippen LogP contribution < -0.4 is 5.32 Å². The molecule has 90 valence electrons. The molecule has 1 aliphatic rings. The van der Waals surface area contributed by atoms with E-state index in [2.05, 4.69) is 15.5 Å². The van der Waals surface area contributed by atoms with Crippen molar-refractivity contribution < 1.29 is 9.63 Å². The monoisotopic (exact) mass is 225 g/mol. The molecular formula is C11H19N3O2. The van der Waals surface area contributed by atoms with Crippen molar-refractivity contribution in [2.45, 2.75) is 51.2 Å². The van der Waals surface area contributed by atoms with Crippen molar-refractivity contribution in [1.82, 2.24) is 15.5 Å². The number of rotatable bonds is 4. The maximum atomic E-state index is 9.76. The molecule has 5 nitrogen and oxygen atoms in total. The summed E-state index contributed by atoms with van der Waals surface area (Å²) in [7, 11) is 0. The van der Waals surface area contributed by atoms with E-state index in [1.54, 1.807) is 0 Å². The van der Waals surface area contributed by atoms with Crippen LogP contribution in [0.2, 0.25) is 0 Å². The van der Waals surface area contributed by atoms with Crippen LogP contribution in [-0.2, 0) is 6.42 Å². The first-order chi connectivity index (χ1) is 7.75. The van der Waals surface area contributed by atoms with E-state index in [-0.39, 0.29) is 12.1 Å².